The smallest absolute Gasteiger partial charge is 0.185 e. The fourth-order valence-corrected chi connectivity index (χ4v) is 6.21. The molecule has 0 aliphatic heterocycles. The summed E-state index contributed by atoms with van der Waals surface area (Å²) in [6.07, 6.45) is 18.0. The van der Waals surface area contributed by atoms with E-state index in [1.165, 1.54) is 0 Å². The van der Waals surface area contributed by atoms with Crippen LogP contribution in [0.4, 0.5) is 0 Å². The highest BCUT2D eigenvalue weighted by molar-refractivity contribution is 5.89. The topological polar surface area (TPSA) is 120 Å². The van der Waals surface area contributed by atoms with Crippen LogP contribution in [0.1, 0.15) is 102 Å². The number of allylic oxidation sites excluding steroid dienone is 2. The zero-order chi connectivity index (χ0) is 29.8. The van der Waals surface area contributed by atoms with E-state index in [0.29, 0.717) is 31.1 Å². The fraction of sp³-hybridized carbons (Fsp3) is 0.647. The second-order valence-corrected chi connectivity index (χ2v) is 12.3. The normalized spacial score (nSPS) is 21.9. The molecular weight excluding hydrogens is 514 g/mol. The maximum atomic E-state index is 12.6. The Kier molecular flexibility index (Phi) is 13.2. The number of unbranched alkanes of at least 4 members (excludes halogenated alkanes) is 1. The van der Waals surface area contributed by atoms with Crippen LogP contribution in [0, 0.1) is 17.8 Å². The van der Waals surface area contributed by atoms with Crippen LogP contribution >= 0.6 is 0 Å². The molecule has 228 valence electrons. The highest BCUT2D eigenvalue weighted by atomic mass is 16.5. The van der Waals surface area contributed by atoms with Gasteiger partial charge in [0.05, 0.1) is 12.2 Å². The summed E-state index contributed by atoms with van der Waals surface area (Å²) in [4.78, 5) is 16.9. The van der Waals surface area contributed by atoms with Gasteiger partial charge in [0.25, 0.3) is 0 Å². The van der Waals surface area contributed by atoms with Crippen molar-refractivity contribution in [3.63, 3.8) is 0 Å². The quantitative estimate of drug-likeness (QED) is 0.0899. The number of rotatable bonds is 16. The van der Waals surface area contributed by atoms with Crippen molar-refractivity contribution in [1.82, 2.24) is 0 Å². The van der Waals surface area contributed by atoms with Crippen molar-refractivity contribution >= 4 is 11.7 Å². The Balaban J connectivity index is 1.99. The van der Waals surface area contributed by atoms with Crippen LogP contribution in [0.3, 0.4) is 0 Å². The Morgan fingerprint density at radius 2 is 1.93 bits per heavy atom. The molecule has 1 aromatic carbocycles. The number of guanidine groups is 1. The molecule has 1 fully saturated rings. The highest BCUT2D eigenvalue weighted by Gasteiger charge is 2.36. The van der Waals surface area contributed by atoms with Gasteiger partial charge in [0.1, 0.15) is 0 Å². The number of hydrogen-bond acceptors (Lipinski definition) is 5. The van der Waals surface area contributed by atoms with Crippen LogP contribution in [0.15, 0.2) is 41.4 Å². The van der Waals surface area contributed by atoms with Gasteiger partial charge in [0.15, 0.2) is 23.2 Å². The predicted molar refractivity (Wildman–Crippen MR) is 167 cm³/mol. The zero-order valence-corrected chi connectivity index (χ0v) is 25.7. The molecule has 0 saturated heterocycles. The van der Waals surface area contributed by atoms with Crippen LogP contribution in [-0.4, -0.2) is 42.7 Å². The maximum Gasteiger partial charge on any atom is 0.185 e. The van der Waals surface area contributed by atoms with Gasteiger partial charge in [-0.25, -0.2) is 0 Å². The van der Waals surface area contributed by atoms with Crippen molar-refractivity contribution in [2.45, 2.75) is 110 Å². The summed E-state index contributed by atoms with van der Waals surface area (Å²) < 4.78 is 12.4. The van der Waals surface area contributed by atoms with Crippen LogP contribution in [0.5, 0.6) is 11.5 Å². The molecule has 0 amide bonds. The molecule has 4 atom stereocenters. The van der Waals surface area contributed by atoms with Crippen molar-refractivity contribution in [2.24, 2.45) is 34.2 Å². The fourth-order valence-electron chi connectivity index (χ4n) is 6.21. The van der Waals surface area contributed by atoms with E-state index in [9.17, 15) is 9.90 Å². The van der Waals surface area contributed by atoms with Crippen LogP contribution in [0.25, 0.3) is 0 Å². The predicted octanol–water partition coefficient (Wildman–Crippen LogP) is 6.57. The number of nitrogens with two attached hydrogens (primary N) is 2. The number of ketones is 1. The lowest BCUT2D eigenvalue weighted by Gasteiger charge is -2.37. The molecule has 7 heteroatoms. The number of nitrogens with zero attached hydrogens (tertiary/aromatic N) is 1. The second kappa shape index (κ2) is 16.6. The Bertz CT molecular complexity index is 1050. The molecule has 41 heavy (non-hydrogen) atoms. The number of aryl methyl sites for hydroxylation is 1. The molecule has 3 rings (SSSR count). The minimum Gasteiger partial charge on any atom is -0.504 e. The lowest BCUT2D eigenvalue weighted by molar-refractivity contribution is -0.114. The SMILES string of the molecule is CCC/C=C/C(=O)CCc1cc(OC2CCCC2)c(O)c([C@H](CCC(C)C)[C@@H]2C[C@H](CN=C(N)N)C=C[C@H]2OC)c1. The largest absolute Gasteiger partial charge is 0.504 e. The number of hydrogen-bond donors (Lipinski definition) is 3. The molecule has 0 unspecified atom stereocenters. The molecular formula is C34H53N3O4. The first kappa shape index (κ1) is 32.7. The Labute approximate surface area is 247 Å². The lowest BCUT2D eigenvalue weighted by atomic mass is 9.71. The second-order valence-electron chi connectivity index (χ2n) is 12.3. The molecule has 7 nitrogen and oxygen atoms in total. The van der Waals surface area contributed by atoms with Crippen molar-refractivity contribution in [2.75, 3.05) is 13.7 Å². The van der Waals surface area contributed by atoms with Gasteiger partial charge in [0, 0.05) is 25.6 Å². The number of methoxy groups -OCH3 is 1. The third-order valence-corrected chi connectivity index (χ3v) is 8.50. The zero-order valence-electron chi connectivity index (χ0n) is 25.7. The highest BCUT2D eigenvalue weighted by Crippen LogP contribution is 2.47. The molecule has 5 N–H and O–H groups in total. The van der Waals surface area contributed by atoms with Crippen LogP contribution < -0.4 is 16.2 Å². The van der Waals surface area contributed by atoms with E-state index < -0.39 is 0 Å². The molecule has 0 heterocycles. The number of phenols is 1. The van der Waals surface area contributed by atoms with Gasteiger partial charge in [-0.2, -0.15) is 0 Å². The summed E-state index contributed by atoms with van der Waals surface area (Å²) in [6, 6.07) is 4.07. The Morgan fingerprint density at radius 1 is 1.17 bits per heavy atom. The van der Waals surface area contributed by atoms with E-state index in [1.54, 1.807) is 13.2 Å². The monoisotopic (exact) mass is 567 g/mol. The van der Waals surface area contributed by atoms with E-state index >= 15 is 0 Å². The standard InChI is InChI=1S/C34H53N3O4/c1-5-6-7-10-26(38)16-14-24-19-30(33(39)32(21-24)41-27-11-8-9-12-27)28(17-13-23(2)3)29-20-25(22-37-34(35)36)15-18-31(29)40-4/h7,10,15,18-19,21,23,25,27-29,31,39H,5-6,8-9,11-14,16-17,20,22H2,1-4H3,(H4,35,36,37)/b10-7+/t25-,28-,29+,31-/m1/s1. The summed E-state index contributed by atoms with van der Waals surface area (Å²) in [7, 11) is 1.75. The van der Waals surface area contributed by atoms with Crippen LogP contribution in [0.2, 0.25) is 0 Å². The van der Waals surface area contributed by atoms with Crippen molar-refractivity contribution in [3.8, 4) is 11.5 Å². The average molecular weight is 568 g/mol. The first-order chi connectivity index (χ1) is 19.7. The van der Waals surface area contributed by atoms with E-state index in [1.807, 2.05) is 12.1 Å². The Morgan fingerprint density at radius 3 is 2.59 bits per heavy atom. The molecule has 2 aliphatic carbocycles. The van der Waals surface area contributed by atoms with Gasteiger partial charge < -0.3 is 26.0 Å². The van der Waals surface area contributed by atoms with Gasteiger partial charge in [-0.1, -0.05) is 57.9 Å². The number of aliphatic imine (C=N–C) groups is 1. The number of carbonyl (C=O) groups is 1. The Hall–Kier alpha value is -2.80. The minimum atomic E-state index is -0.0878. The first-order valence-electron chi connectivity index (χ1n) is 15.7. The molecule has 1 aromatic rings. The molecule has 0 aromatic heterocycles. The molecule has 2 aliphatic rings. The third kappa shape index (κ3) is 10.2. The number of aromatic hydroxyl groups is 1. The van der Waals surface area contributed by atoms with Crippen LogP contribution in [-0.2, 0) is 16.0 Å². The number of ether oxygens (including phenoxy) is 2. The number of benzene rings is 1. The molecule has 1 saturated carbocycles. The summed E-state index contributed by atoms with van der Waals surface area (Å²) in [5, 5.41) is 11.7. The van der Waals surface area contributed by atoms with E-state index in [-0.39, 0.29) is 47.5 Å². The maximum absolute atomic E-state index is 12.6. The van der Waals surface area contributed by atoms with Crippen molar-refractivity contribution in [3.05, 3.63) is 47.6 Å². The summed E-state index contributed by atoms with van der Waals surface area (Å²) in [6.45, 7) is 7.09. The van der Waals surface area contributed by atoms with Crippen molar-refractivity contribution in [1.29, 1.82) is 0 Å². The summed E-state index contributed by atoms with van der Waals surface area (Å²) in [5.74, 6) is 1.87. The molecule has 0 bridgehead atoms. The lowest BCUT2D eigenvalue weighted by Crippen LogP contribution is -2.33. The molecule has 0 radical (unpaired) electrons. The van der Waals surface area contributed by atoms with Gasteiger partial charge in [-0.3, -0.25) is 9.79 Å². The first-order valence-corrected chi connectivity index (χ1v) is 15.7. The number of carbonyl (C=O) groups excluding carboxylic acids is 1. The van der Waals surface area contributed by atoms with Crippen molar-refractivity contribution < 1.29 is 19.4 Å². The summed E-state index contributed by atoms with van der Waals surface area (Å²) in [5.41, 5.74) is 13.2. The summed E-state index contributed by atoms with van der Waals surface area (Å²) >= 11 is 0. The minimum absolute atomic E-state index is 0.0417. The van der Waals surface area contributed by atoms with E-state index in [4.69, 9.17) is 20.9 Å². The van der Waals surface area contributed by atoms with Gasteiger partial charge in [-0.05, 0) is 92.7 Å². The van der Waals surface area contributed by atoms with Gasteiger partial charge >= 0.3 is 0 Å². The number of phenolic OH excluding ortho intramolecular Hbond substituents is 1. The van der Waals surface area contributed by atoms with E-state index in [2.05, 4.69) is 44.0 Å². The average Bonchev–Trinajstić information content (AvgIpc) is 3.46. The molecule has 0 spiro atoms. The van der Waals surface area contributed by atoms with Gasteiger partial charge in [-0.15, -0.1) is 0 Å². The van der Waals surface area contributed by atoms with Gasteiger partial charge in [0.2, 0.25) is 0 Å². The third-order valence-electron chi connectivity index (χ3n) is 8.50. The van der Waals surface area contributed by atoms with E-state index in [0.717, 1.165) is 68.9 Å².